The van der Waals surface area contributed by atoms with Crippen LogP contribution in [0, 0.1) is 6.92 Å². The second-order valence-corrected chi connectivity index (χ2v) is 3.58. The van der Waals surface area contributed by atoms with Crippen molar-refractivity contribution in [1.29, 1.82) is 0 Å². The Morgan fingerprint density at radius 1 is 1.57 bits per heavy atom. The summed E-state index contributed by atoms with van der Waals surface area (Å²) in [6.45, 7) is 1.35. The van der Waals surface area contributed by atoms with E-state index in [4.69, 9.17) is 16.7 Å². The molecule has 0 fully saturated rings. The lowest BCUT2D eigenvalue weighted by Crippen LogP contribution is -2.21. The summed E-state index contributed by atoms with van der Waals surface area (Å²) in [5, 5.41) is 12.4. The summed E-state index contributed by atoms with van der Waals surface area (Å²) in [6, 6.07) is 5.52. The first-order valence-electron chi connectivity index (χ1n) is 4.37. The lowest BCUT2D eigenvalue weighted by atomic mass is 10.2. The molecule has 0 aliphatic carbocycles. The van der Waals surface area contributed by atoms with E-state index >= 15 is 0 Å². The summed E-state index contributed by atoms with van der Waals surface area (Å²) in [6.07, 6.45) is -0.979. The number of rotatable bonds is 4. The third-order valence-corrected chi connectivity index (χ3v) is 2.14. The van der Waals surface area contributed by atoms with Crippen molar-refractivity contribution >= 4 is 17.3 Å². The van der Waals surface area contributed by atoms with Crippen LogP contribution in [0.15, 0.2) is 18.2 Å². The van der Waals surface area contributed by atoms with E-state index in [-0.39, 0.29) is 6.54 Å². The molecular weight excluding hydrogens is 205 g/mol. The van der Waals surface area contributed by atoms with E-state index in [0.29, 0.717) is 10.7 Å². The van der Waals surface area contributed by atoms with Crippen molar-refractivity contribution in [2.24, 2.45) is 0 Å². The maximum absolute atomic E-state index is 11.9. The number of benzene rings is 1. The molecule has 2 nitrogen and oxygen atoms in total. The first-order chi connectivity index (χ1) is 6.63. The monoisotopic (exact) mass is 217 g/mol. The standard InChI is InChI=1S/C10H13ClFNO/c1-7-2-3-10(9(11)4-7)13-6-8(14)5-12/h2-4,8,13-14H,5-6H2,1H3. The summed E-state index contributed by atoms with van der Waals surface area (Å²) in [7, 11) is 0. The van der Waals surface area contributed by atoms with Crippen LogP contribution in [-0.2, 0) is 0 Å². The second-order valence-electron chi connectivity index (χ2n) is 3.17. The highest BCUT2D eigenvalue weighted by atomic mass is 35.5. The van der Waals surface area contributed by atoms with Crippen LogP contribution in [0.2, 0.25) is 5.02 Å². The maximum Gasteiger partial charge on any atom is 0.117 e. The molecule has 4 heteroatoms. The number of hydrogen-bond donors (Lipinski definition) is 2. The van der Waals surface area contributed by atoms with Gasteiger partial charge in [-0.2, -0.15) is 0 Å². The van der Waals surface area contributed by atoms with Crippen molar-refractivity contribution in [1.82, 2.24) is 0 Å². The van der Waals surface area contributed by atoms with Crippen LogP contribution in [-0.4, -0.2) is 24.4 Å². The van der Waals surface area contributed by atoms with Gasteiger partial charge in [-0.1, -0.05) is 17.7 Å². The summed E-state index contributed by atoms with van der Waals surface area (Å²) in [4.78, 5) is 0. The van der Waals surface area contributed by atoms with Crippen LogP contribution < -0.4 is 5.32 Å². The van der Waals surface area contributed by atoms with Gasteiger partial charge in [-0.05, 0) is 24.6 Å². The number of hydrogen-bond acceptors (Lipinski definition) is 2. The van der Waals surface area contributed by atoms with Gasteiger partial charge in [0.15, 0.2) is 0 Å². The van der Waals surface area contributed by atoms with E-state index in [1.54, 1.807) is 0 Å². The number of aliphatic hydroxyl groups is 1. The molecule has 0 saturated heterocycles. The molecule has 0 spiro atoms. The number of aryl methyl sites for hydroxylation is 1. The molecule has 0 aliphatic rings. The van der Waals surface area contributed by atoms with E-state index in [2.05, 4.69) is 5.32 Å². The lowest BCUT2D eigenvalue weighted by Gasteiger charge is -2.11. The van der Waals surface area contributed by atoms with Crippen molar-refractivity contribution in [2.75, 3.05) is 18.5 Å². The number of halogens is 2. The fourth-order valence-corrected chi connectivity index (χ4v) is 1.35. The van der Waals surface area contributed by atoms with Gasteiger partial charge in [0.25, 0.3) is 0 Å². The molecule has 0 saturated carbocycles. The van der Waals surface area contributed by atoms with Crippen LogP contribution in [0.5, 0.6) is 0 Å². The first-order valence-corrected chi connectivity index (χ1v) is 4.75. The minimum Gasteiger partial charge on any atom is -0.389 e. The van der Waals surface area contributed by atoms with Gasteiger partial charge in [-0.25, -0.2) is 4.39 Å². The Labute approximate surface area is 87.7 Å². The quantitative estimate of drug-likeness (QED) is 0.812. The molecule has 78 valence electrons. The zero-order valence-electron chi connectivity index (χ0n) is 7.93. The van der Waals surface area contributed by atoms with Gasteiger partial charge in [-0.15, -0.1) is 0 Å². The Morgan fingerprint density at radius 2 is 2.29 bits per heavy atom. The Balaban J connectivity index is 2.59. The minimum atomic E-state index is -0.979. The van der Waals surface area contributed by atoms with Crippen LogP contribution in [0.1, 0.15) is 5.56 Å². The number of anilines is 1. The van der Waals surface area contributed by atoms with Gasteiger partial charge in [0.1, 0.15) is 6.67 Å². The van der Waals surface area contributed by atoms with Crippen molar-refractivity contribution in [3.8, 4) is 0 Å². The van der Waals surface area contributed by atoms with Crippen molar-refractivity contribution in [3.05, 3.63) is 28.8 Å². The van der Waals surface area contributed by atoms with Gasteiger partial charge < -0.3 is 10.4 Å². The van der Waals surface area contributed by atoms with Crippen LogP contribution >= 0.6 is 11.6 Å². The Bertz CT molecular complexity index is 306. The van der Waals surface area contributed by atoms with Crippen molar-refractivity contribution in [3.63, 3.8) is 0 Å². The van der Waals surface area contributed by atoms with Crippen molar-refractivity contribution < 1.29 is 9.50 Å². The molecule has 0 aliphatic heterocycles. The highest BCUT2D eigenvalue weighted by Crippen LogP contribution is 2.22. The molecule has 2 N–H and O–H groups in total. The zero-order chi connectivity index (χ0) is 10.6. The van der Waals surface area contributed by atoms with E-state index < -0.39 is 12.8 Å². The molecule has 0 aromatic heterocycles. The first kappa shape index (κ1) is 11.3. The van der Waals surface area contributed by atoms with E-state index in [0.717, 1.165) is 5.56 Å². The molecule has 0 radical (unpaired) electrons. The number of nitrogens with one attached hydrogen (secondary N) is 1. The predicted molar refractivity (Wildman–Crippen MR) is 56.7 cm³/mol. The highest BCUT2D eigenvalue weighted by molar-refractivity contribution is 6.33. The Morgan fingerprint density at radius 3 is 2.86 bits per heavy atom. The molecule has 0 bridgehead atoms. The van der Waals surface area contributed by atoms with Gasteiger partial charge in [-0.3, -0.25) is 0 Å². The lowest BCUT2D eigenvalue weighted by molar-refractivity contribution is 0.151. The summed E-state index contributed by atoms with van der Waals surface area (Å²) >= 11 is 5.92. The van der Waals surface area contributed by atoms with Crippen molar-refractivity contribution in [2.45, 2.75) is 13.0 Å². The van der Waals surface area contributed by atoms with Gasteiger partial charge in [0.05, 0.1) is 16.8 Å². The molecule has 1 rings (SSSR count). The fraction of sp³-hybridized carbons (Fsp3) is 0.400. The third kappa shape index (κ3) is 3.16. The maximum atomic E-state index is 11.9. The SMILES string of the molecule is Cc1ccc(NCC(O)CF)c(Cl)c1. The molecule has 1 aromatic rings. The van der Waals surface area contributed by atoms with Crippen LogP contribution in [0.3, 0.4) is 0 Å². The molecule has 1 atom stereocenters. The summed E-state index contributed by atoms with van der Waals surface area (Å²) < 4.78 is 11.9. The van der Waals surface area contributed by atoms with E-state index in [1.807, 2.05) is 25.1 Å². The highest BCUT2D eigenvalue weighted by Gasteiger charge is 2.04. The van der Waals surface area contributed by atoms with Crippen LogP contribution in [0.4, 0.5) is 10.1 Å². The number of aliphatic hydroxyl groups excluding tert-OH is 1. The molecule has 1 aromatic carbocycles. The summed E-state index contributed by atoms with van der Waals surface area (Å²) in [5.74, 6) is 0. The Hall–Kier alpha value is -0.800. The zero-order valence-corrected chi connectivity index (χ0v) is 8.68. The second kappa shape index (κ2) is 5.17. The largest absolute Gasteiger partial charge is 0.389 e. The van der Waals surface area contributed by atoms with Gasteiger partial charge >= 0.3 is 0 Å². The number of alkyl halides is 1. The normalized spacial score (nSPS) is 12.6. The van der Waals surface area contributed by atoms with E-state index in [9.17, 15) is 4.39 Å². The van der Waals surface area contributed by atoms with E-state index in [1.165, 1.54) is 0 Å². The Kier molecular flexibility index (Phi) is 4.17. The average molecular weight is 218 g/mol. The minimum absolute atomic E-state index is 0.166. The molecule has 1 unspecified atom stereocenters. The van der Waals surface area contributed by atoms with Gasteiger partial charge in [0, 0.05) is 6.54 Å². The molecular formula is C10H13ClFNO. The predicted octanol–water partition coefficient (Wildman–Crippen LogP) is 2.39. The fourth-order valence-electron chi connectivity index (χ4n) is 1.05. The molecule has 0 amide bonds. The van der Waals surface area contributed by atoms with Crippen LogP contribution in [0.25, 0.3) is 0 Å². The molecule has 0 heterocycles. The topological polar surface area (TPSA) is 32.3 Å². The summed E-state index contributed by atoms with van der Waals surface area (Å²) in [5.41, 5.74) is 1.77. The molecule has 14 heavy (non-hydrogen) atoms. The third-order valence-electron chi connectivity index (χ3n) is 1.83. The smallest absolute Gasteiger partial charge is 0.117 e. The average Bonchev–Trinajstić information content (AvgIpc) is 2.16. The van der Waals surface area contributed by atoms with Gasteiger partial charge in [0.2, 0.25) is 0 Å².